The van der Waals surface area contributed by atoms with Gasteiger partial charge in [0.2, 0.25) is 0 Å². The van der Waals surface area contributed by atoms with E-state index in [-0.39, 0.29) is 0 Å². The van der Waals surface area contributed by atoms with Crippen LogP contribution < -0.4 is 5.32 Å². The van der Waals surface area contributed by atoms with E-state index in [1.54, 1.807) is 10.9 Å². The van der Waals surface area contributed by atoms with Gasteiger partial charge >= 0.3 is 0 Å². The number of rotatable bonds is 3. The quantitative estimate of drug-likeness (QED) is 0.853. The molecule has 1 aromatic heterocycles. The maximum absolute atomic E-state index is 11.2. The SMILES string of the molecule is CCn1cc(CNC(=O)C(Cl)(Cl)Cl)cn1. The molecule has 0 aliphatic carbocycles. The van der Waals surface area contributed by atoms with Crippen molar-refractivity contribution in [3.63, 3.8) is 0 Å². The average Bonchev–Trinajstić information content (AvgIpc) is 2.60. The minimum atomic E-state index is -1.92. The van der Waals surface area contributed by atoms with E-state index >= 15 is 0 Å². The zero-order chi connectivity index (χ0) is 11.5. The molecule has 0 aliphatic heterocycles. The maximum Gasteiger partial charge on any atom is 0.272 e. The molecule has 0 atom stereocenters. The molecule has 4 nitrogen and oxygen atoms in total. The van der Waals surface area contributed by atoms with E-state index in [2.05, 4.69) is 10.4 Å². The van der Waals surface area contributed by atoms with Gasteiger partial charge in [-0.15, -0.1) is 0 Å². The van der Waals surface area contributed by atoms with Crippen molar-refractivity contribution in [2.75, 3.05) is 0 Å². The first kappa shape index (κ1) is 12.6. The van der Waals surface area contributed by atoms with Crippen LogP contribution in [0.25, 0.3) is 0 Å². The molecule has 1 rings (SSSR count). The Labute approximate surface area is 102 Å². The van der Waals surface area contributed by atoms with Gasteiger partial charge in [0.05, 0.1) is 6.20 Å². The second-order valence-electron chi connectivity index (χ2n) is 2.88. The Morgan fingerprint density at radius 1 is 1.60 bits per heavy atom. The first-order valence-electron chi connectivity index (χ1n) is 4.30. The van der Waals surface area contributed by atoms with Gasteiger partial charge in [-0.05, 0) is 6.92 Å². The highest BCUT2D eigenvalue weighted by atomic mass is 35.6. The van der Waals surface area contributed by atoms with Crippen LogP contribution in [0.1, 0.15) is 12.5 Å². The molecule has 0 aliphatic rings. The fourth-order valence-electron chi connectivity index (χ4n) is 0.953. The molecule has 0 bridgehead atoms. The first-order chi connectivity index (χ1) is 6.93. The van der Waals surface area contributed by atoms with Crippen LogP contribution in [0, 0.1) is 0 Å². The third kappa shape index (κ3) is 3.89. The second-order valence-corrected chi connectivity index (χ2v) is 5.17. The summed E-state index contributed by atoms with van der Waals surface area (Å²) < 4.78 is -0.169. The minimum Gasteiger partial charge on any atom is -0.348 e. The van der Waals surface area contributed by atoms with Crippen molar-refractivity contribution in [2.45, 2.75) is 23.8 Å². The van der Waals surface area contributed by atoms with Crippen LogP contribution in [0.15, 0.2) is 12.4 Å². The number of aromatic nitrogens is 2. The molecule has 1 heterocycles. The molecule has 0 spiro atoms. The van der Waals surface area contributed by atoms with E-state index < -0.39 is 9.70 Å². The molecule has 0 fully saturated rings. The number of hydrogen-bond acceptors (Lipinski definition) is 2. The number of nitrogens with one attached hydrogen (secondary N) is 1. The molecule has 0 radical (unpaired) electrons. The highest BCUT2D eigenvalue weighted by Crippen LogP contribution is 2.25. The molecule has 1 aromatic rings. The van der Waals surface area contributed by atoms with Crippen LogP contribution in [-0.2, 0) is 17.9 Å². The number of alkyl halides is 3. The standard InChI is InChI=1S/C8H10Cl3N3O/c1-2-14-5-6(4-13-14)3-12-7(15)8(9,10)11/h4-5H,2-3H2,1H3,(H,12,15). The first-order valence-corrected chi connectivity index (χ1v) is 5.43. The number of amides is 1. The second kappa shape index (κ2) is 5.05. The monoisotopic (exact) mass is 269 g/mol. The molecular weight excluding hydrogens is 260 g/mol. The van der Waals surface area contributed by atoms with Crippen molar-refractivity contribution in [2.24, 2.45) is 0 Å². The molecule has 0 saturated heterocycles. The molecule has 1 amide bonds. The summed E-state index contributed by atoms with van der Waals surface area (Å²) in [5, 5.41) is 6.53. The largest absolute Gasteiger partial charge is 0.348 e. The number of carbonyl (C=O) groups excluding carboxylic acids is 1. The van der Waals surface area contributed by atoms with E-state index in [1.807, 2.05) is 13.1 Å². The number of hydrogen-bond donors (Lipinski definition) is 1. The van der Waals surface area contributed by atoms with Crippen LogP contribution in [0.3, 0.4) is 0 Å². The Hall–Kier alpha value is -0.450. The van der Waals surface area contributed by atoms with E-state index in [0.29, 0.717) is 6.54 Å². The summed E-state index contributed by atoms with van der Waals surface area (Å²) in [6, 6.07) is 0. The van der Waals surface area contributed by atoms with Gasteiger partial charge in [0.15, 0.2) is 0 Å². The molecule has 0 aromatic carbocycles. The van der Waals surface area contributed by atoms with Crippen LogP contribution in [0.2, 0.25) is 0 Å². The molecule has 15 heavy (non-hydrogen) atoms. The third-order valence-corrected chi connectivity index (χ3v) is 2.24. The normalized spacial score (nSPS) is 11.5. The van der Waals surface area contributed by atoms with E-state index in [4.69, 9.17) is 34.8 Å². The lowest BCUT2D eigenvalue weighted by atomic mass is 10.3. The number of carbonyl (C=O) groups is 1. The summed E-state index contributed by atoms with van der Waals surface area (Å²) in [7, 11) is 0. The zero-order valence-electron chi connectivity index (χ0n) is 8.01. The van der Waals surface area contributed by atoms with Crippen molar-refractivity contribution in [3.8, 4) is 0 Å². The van der Waals surface area contributed by atoms with E-state index in [1.165, 1.54) is 0 Å². The summed E-state index contributed by atoms with van der Waals surface area (Å²) in [5.41, 5.74) is 0.861. The fourth-order valence-corrected chi connectivity index (χ4v) is 1.15. The lowest BCUT2D eigenvalue weighted by Crippen LogP contribution is -2.33. The predicted molar refractivity (Wildman–Crippen MR) is 60.0 cm³/mol. The predicted octanol–water partition coefficient (Wildman–Crippen LogP) is 1.89. The Morgan fingerprint density at radius 3 is 2.73 bits per heavy atom. The Balaban J connectivity index is 2.47. The van der Waals surface area contributed by atoms with Gasteiger partial charge in [-0.25, -0.2) is 0 Å². The van der Waals surface area contributed by atoms with Gasteiger partial charge in [0.1, 0.15) is 0 Å². The Morgan fingerprint density at radius 2 is 2.27 bits per heavy atom. The molecule has 1 N–H and O–H groups in total. The van der Waals surface area contributed by atoms with E-state index in [9.17, 15) is 4.79 Å². The van der Waals surface area contributed by atoms with Crippen molar-refractivity contribution < 1.29 is 4.79 Å². The van der Waals surface area contributed by atoms with Crippen LogP contribution in [-0.4, -0.2) is 19.5 Å². The topological polar surface area (TPSA) is 46.9 Å². The molecule has 7 heteroatoms. The molecule has 0 saturated carbocycles. The zero-order valence-corrected chi connectivity index (χ0v) is 10.3. The van der Waals surface area contributed by atoms with Gasteiger partial charge in [-0.2, -0.15) is 5.10 Å². The van der Waals surface area contributed by atoms with Crippen molar-refractivity contribution in [1.82, 2.24) is 15.1 Å². The summed E-state index contributed by atoms with van der Waals surface area (Å²) in [4.78, 5) is 11.2. The highest BCUT2D eigenvalue weighted by Gasteiger charge is 2.30. The molecule has 0 unspecified atom stereocenters. The number of aryl methyl sites for hydroxylation is 1. The average molecular weight is 271 g/mol. The van der Waals surface area contributed by atoms with Gasteiger partial charge < -0.3 is 5.32 Å². The summed E-state index contributed by atoms with van der Waals surface area (Å²) in [5.74, 6) is -0.642. The van der Waals surface area contributed by atoms with Gasteiger partial charge in [-0.3, -0.25) is 9.48 Å². The molecular formula is C8H10Cl3N3O. The van der Waals surface area contributed by atoms with Crippen LogP contribution >= 0.6 is 34.8 Å². The van der Waals surface area contributed by atoms with Crippen LogP contribution in [0.5, 0.6) is 0 Å². The van der Waals surface area contributed by atoms with Crippen molar-refractivity contribution in [3.05, 3.63) is 18.0 Å². The summed E-state index contributed by atoms with van der Waals surface area (Å²) >= 11 is 16.1. The Kier molecular flexibility index (Phi) is 4.25. The van der Waals surface area contributed by atoms with E-state index in [0.717, 1.165) is 12.1 Å². The maximum atomic E-state index is 11.2. The smallest absolute Gasteiger partial charge is 0.272 e. The number of nitrogens with zero attached hydrogens (tertiary/aromatic N) is 2. The summed E-state index contributed by atoms with van der Waals surface area (Å²) in [6.07, 6.45) is 3.47. The van der Waals surface area contributed by atoms with Crippen molar-refractivity contribution >= 4 is 40.7 Å². The highest BCUT2D eigenvalue weighted by molar-refractivity contribution is 6.76. The molecule has 84 valence electrons. The van der Waals surface area contributed by atoms with Crippen LogP contribution in [0.4, 0.5) is 0 Å². The third-order valence-electron chi connectivity index (χ3n) is 1.72. The lowest BCUT2D eigenvalue weighted by Gasteiger charge is -2.10. The number of halogens is 3. The fraction of sp³-hybridized carbons (Fsp3) is 0.500. The van der Waals surface area contributed by atoms with Gasteiger partial charge in [0, 0.05) is 24.8 Å². The van der Waals surface area contributed by atoms with Crippen molar-refractivity contribution in [1.29, 1.82) is 0 Å². The minimum absolute atomic E-state index is 0.298. The Bertz CT molecular complexity index is 345. The van der Waals surface area contributed by atoms with Gasteiger partial charge in [0.25, 0.3) is 9.70 Å². The van der Waals surface area contributed by atoms with Gasteiger partial charge in [-0.1, -0.05) is 34.8 Å². The lowest BCUT2D eigenvalue weighted by molar-refractivity contribution is -0.120. The summed E-state index contributed by atoms with van der Waals surface area (Å²) in [6.45, 7) is 3.04.